The number of nitriles is 1. The quantitative estimate of drug-likeness (QED) is 0.244. The van der Waals surface area contributed by atoms with Gasteiger partial charge < -0.3 is 14.2 Å². The first-order valence-corrected chi connectivity index (χ1v) is 14.8. The highest BCUT2D eigenvalue weighted by molar-refractivity contribution is 14.1. The minimum absolute atomic E-state index is 0.121. The van der Waals surface area contributed by atoms with Crippen LogP contribution in [-0.2, 0) is 9.53 Å². The van der Waals surface area contributed by atoms with Gasteiger partial charge in [0.2, 0.25) is 0 Å². The van der Waals surface area contributed by atoms with Gasteiger partial charge in [0.15, 0.2) is 11.4 Å². The van der Waals surface area contributed by atoms with E-state index in [1.165, 1.54) is 15.9 Å². The first-order chi connectivity index (χ1) is 18.7. The second kappa shape index (κ2) is 12.5. The zero-order valence-electron chi connectivity index (χ0n) is 21.7. The van der Waals surface area contributed by atoms with E-state index in [9.17, 15) is 9.59 Å². The van der Waals surface area contributed by atoms with Crippen molar-refractivity contribution in [3.05, 3.63) is 86.5 Å². The van der Waals surface area contributed by atoms with Crippen LogP contribution in [0.25, 0.3) is 6.08 Å². The number of allylic oxidation sites excluding steroid dienone is 1. The van der Waals surface area contributed by atoms with Crippen LogP contribution in [-0.4, -0.2) is 29.9 Å². The fourth-order valence-electron chi connectivity index (χ4n) is 4.24. The summed E-state index contributed by atoms with van der Waals surface area (Å²) in [6, 6.07) is 12.2. The summed E-state index contributed by atoms with van der Waals surface area (Å²) in [6.07, 6.45) is 1.60. The fourth-order valence-corrected chi connectivity index (χ4v) is 6.98. The zero-order chi connectivity index (χ0) is 28.3. The number of halogens is 2. The molecule has 1 aliphatic rings. The minimum Gasteiger partial charge on any atom is -0.491 e. The van der Waals surface area contributed by atoms with Gasteiger partial charge >= 0.3 is 5.97 Å². The molecule has 4 rings (SSSR count). The number of rotatable bonds is 8. The molecule has 202 valence electrons. The first-order valence-electron chi connectivity index (χ1n) is 12.1. The maximum Gasteiger partial charge on any atom is 0.338 e. The van der Waals surface area contributed by atoms with Gasteiger partial charge in [0.1, 0.15) is 23.6 Å². The summed E-state index contributed by atoms with van der Waals surface area (Å²) in [4.78, 5) is 32.3. The highest BCUT2D eigenvalue weighted by Crippen LogP contribution is 2.36. The maximum absolute atomic E-state index is 14.0. The number of ether oxygens (including phenoxy) is 3. The molecular weight excluding hydrogens is 697 g/mol. The van der Waals surface area contributed by atoms with Crippen molar-refractivity contribution in [3.63, 3.8) is 0 Å². The lowest BCUT2D eigenvalue weighted by molar-refractivity contribution is -0.139. The van der Waals surface area contributed by atoms with Crippen LogP contribution in [0.5, 0.6) is 11.5 Å². The van der Waals surface area contributed by atoms with E-state index in [2.05, 4.69) is 43.5 Å². The molecule has 3 aromatic rings. The van der Waals surface area contributed by atoms with E-state index in [1.54, 1.807) is 19.9 Å². The van der Waals surface area contributed by atoms with Gasteiger partial charge in [-0.2, -0.15) is 5.26 Å². The van der Waals surface area contributed by atoms with Crippen LogP contribution in [0.15, 0.2) is 61.9 Å². The number of esters is 1. The molecule has 1 aliphatic heterocycles. The number of para-hydroxylation sites is 1. The van der Waals surface area contributed by atoms with Gasteiger partial charge in [-0.3, -0.25) is 9.36 Å². The Balaban J connectivity index is 2.00. The Morgan fingerprint density at radius 2 is 2.08 bits per heavy atom. The standard InChI is InChI=1S/C28H25BrIN3O5S/c1-5-36-27(35)23-16(4)32-28-33(24(23)19-8-6-7-9-21(19)38-15(2)3)26(34)22(39-28)13-17-12-18(29)14-20(30)25(17)37-11-10-31/h6-9,12-15,24H,5,11H2,1-4H3/b22-13-/t24-/m1/s1. The number of nitrogens with zero attached hydrogens (tertiary/aromatic N) is 3. The molecule has 0 aliphatic carbocycles. The SMILES string of the molecule is CCOC(=O)C1=C(C)N=c2s/c(=C\c3cc(Br)cc(I)c3OCC#N)c(=O)n2[C@@H]1c1ccccc1OC(C)C. The molecule has 0 radical (unpaired) electrons. The van der Waals surface area contributed by atoms with Crippen LogP contribution in [0.4, 0.5) is 0 Å². The number of fused-ring (bicyclic) bond motifs is 1. The van der Waals surface area contributed by atoms with E-state index < -0.39 is 12.0 Å². The van der Waals surface area contributed by atoms with Crippen LogP contribution in [0.3, 0.4) is 0 Å². The Hall–Kier alpha value is -2.95. The Morgan fingerprint density at radius 1 is 1.33 bits per heavy atom. The summed E-state index contributed by atoms with van der Waals surface area (Å²) in [5.74, 6) is 0.533. The van der Waals surface area contributed by atoms with Gasteiger partial charge in [-0.1, -0.05) is 45.5 Å². The third kappa shape index (κ3) is 6.13. The molecule has 0 saturated heterocycles. The molecule has 0 fully saturated rings. The van der Waals surface area contributed by atoms with E-state index in [-0.39, 0.29) is 30.5 Å². The average molecular weight is 722 g/mol. The van der Waals surface area contributed by atoms with E-state index in [0.717, 1.165) is 8.04 Å². The average Bonchev–Trinajstić information content (AvgIpc) is 3.17. The Kier molecular flexibility index (Phi) is 9.30. The van der Waals surface area contributed by atoms with Gasteiger partial charge in [0.05, 0.1) is 32.1 Å². The van der Waals surface area contributed by atoms with Crippen LogP contribution in [0.1, 0.15) is 44.9 Å². The van der Waals surface area contributed by atoms with Crippen molar-refractivity contribution in [1.29, 1.82) is 5.26 Å². The largest absolute Gasteiger partial charge is 0.491 e. The molecule has 0 amide bonds. The number of benzene rings is 2. The number of aromatic nitrogens is 1. The van der Waals surface area contributed by atoms with Crippen molar-refractivity contribution in [2.75, 3.05) is 13.2 Å². The van der Waals surface area contributed by atoms with Crippen LogP contribution < -0.4 is 24.4 Å². The van der Waals surface area contributed by atoms with E-state index in [1.807, 2.05) is 56.3 Å². The molecule has 1 atom stereocenters. The number of hydrogen-bond acceptors (Lipinski definition) is 8. The number of carbonyl (C=O) groups is 1. The molecule has 11 heteroatoms. The monoisotopic (exact) mass is 721 g/mol. The normalized spacial score (nSPS) is 15.0. The Morgan fingerprint density at radius 3 is 2.77 bits per heavy atom. The van der Waals surface area contributed by atoms with Crippen LogP contribution >= 0.6 is 49.9 Å². The summed E-state index contributed by atoms with van der Waals surface area (Å²) < 4.78 is 20.7. The summed E-state index contributed by atoms with van der Waals surface area (Å²) in [6.45, 7) is 7.37. The Labute approximate surface area is 251 Å². The van der Waals surface area contributed by atoms with Crippen LogP contribution in [0, 0.1) is 14.9 Å². The first kappa shape index (κ1) is 29.0. The van der Waals surface area contributed by atoms with E-state index in [0.29, 0.717) is 37.7 Å². The van der Waals surface area contributed by atoms with Gasteiger partial charge in [-0.15, -0.1) is 0 Å². The molecule has 1 aromatic heterocycles. The molecule has 39 heavy (non-hydrogen) atoms. The van der Waals surface area contributed by atoms with E-state index in [4.69, 9.17) is 19.5 Å². The smallest absolute Gasteiger partial charge is 0.338 e. The highest BCUT2D eigenvalue weighted by atomic mass is 127. The molecule has 2 heterocycles. The van der Waals surface area contributed by atoms with Gasteiger partial charge in [-0.25, -0.2) is 9.79 Å². The predicted octanol–water partition coefficient (Wildman–Crippen LogP) is 4.85. The number of thiazole rings is 1. The van der Waals surface area contributed by atoms with Gasteiger partial charge in [-0.05, 0) is 74.6 Å². The lowest BCUT2D eigenvalue weighted by Crippen LogP contribution is -2.40. The molecule has 0 N–H and O–H groups in total. The molecule has 0 bridgehead atoms. The fraction of sp³-hybridized carbons (Fsp3) is 0.286. The van der Waals surface area contributed by atoms with Gasteiger partial charge in [0, 0.05) is 15.6 Å². The zero-order valence-corrected chi connectivity index (χ0v) is 26.2. The summed E-state index contributed by atoms with van der Waals surface area (Å²) in [5.41, 5.74) is 1.73. The topological polar surface area (TPSA) is 103 Å². The van der Waals surface area contributed by atoms with Crippen molar-refractivity contribution in [2.45, 2.75) is 39.8 Å². The summed E-state index contributed by atoms with van der Waals surface area (Å²) in [7, 11) is 0. The molecular formula is C28H25BrIN3O5S. The number of carbonyl (C=O) groups excluding carboxylic acids is 1. The third-order valence-electron chi connectivity index (χ3n) is 5.70. The molecule has 0 spiro atoms. The highest BCUT2D eigenvalue weighted by Gasteiger charge is 2.35. The minimum atomic E-state index is -0.797. The molecule has 2 aromatic carbocycles. The van der Waals surface area contributed by atoms with Crippen molar-refractivity contribution in [3.8, 4) is 17.6 Å². The molecule has 0 saturated carbocycles. The van der Waals surface area contributed by atoms with Crippen molar-refractivity contribution >= 4 is 61.9 Å². The maximum atomic E-state index is 14.0. The Bertz CT molecular complexity index is 1690. The van der Waals surface area contributed by atoms with E-state index >= 15 is 0 Å². The van der Waals surface area contributed by atoms with Gasteiger partial charge in [0.25, 0.3) is 5.56 Å². The number of hydrogen-bond donors (Lipinski definition) is 0. The second-order valence-corrected chi connectivity index (χ2v) is 11.8. The lowest BCUT2D eigenvalue weighted by Gasteiger charge is -2.26. The predicted molar refractivity (Wildman–Crippen MR) is 161 cm³/mol. The van der Waals surface area contributed by atoms with Crippen molar-refractivity contribution < 1.29 is 19.0 Å². The molecule has 8 nitrogen and oxygen atoms in total. The molecule has 0 unspecified atom stereocenters. The van der Waals surface area contributed by atoms with Crippen LogP contribution in [0.2, 0.25) is 0 Å². The second-order valence-electron chi connectivity index (χ2n) is 8.76. The summed E-state index contributed by atoms with van der Waals surface area (Å²) >= 11 is 6.84. The van der Waals surface area contributed by atoms with Crippen molar-refractivity contribution in [1.82, 2.24) is 4.57 Å². The lowest BCUT2D eigenvalue weighted by atomic mass is 9.95. The van der Waals surface area contributed by atoms with Crippen molar-refractivity contribution in [2.24, 2.45) is 4.99 Å². The summed E-state index contributed by atoms with van der Waals surface area (Å²) in [5, 5.41) is 9.04. The third-order valence-corrected chi connectivity index (χ3v) is 7.94.